The average Bonchev–Trinajstić information content (AvgIpc) is 3.07. The normalized spacial score (nSPS) is 13.4. The largest absolute Gasteiger partial charge is 0.458 e. The second-order valence-electron chi connectivity index (χ2n) is 10.8. The van der Waals surface area contributed by atoms with Crippen LogP contribution in [0.25, 0.3) is 0 Å². The Labute approximate surface area is 261 Å². The Hall–Kier alpha value is -5.28. The van der Waals surface area contributed by atoms with E-state index in [1.807, 2.05) is 0 Å². The van der Waals surface area contributed by atoms with Crippen molar-refractivity contribution >= 4 is 23.9 Å². The van der Waals surface area contributed by atoms with Gasteiger partial charge in [0.25, 0.3) is 0 Å². The van der Waals surface area contributed by atoms with Gasteiger partial charge in [0.1, 0.15) is 13.2 Å². The third kappa shape index (κ3) is 9.87. The van der Waals surface area contributed by atoms with Gasteiger partial charge in [0.05, 0.1) is 35.5 Å². The number of carbonyl (C=O) groups excluding carboxylic acids is 4. The van der Waals surface area contributed by atoms with E-state index in [-0.39, 0.29) is 26.4 Å². The first kappa shape index (κ1) is 32.6. The Morgan fingerprint density at radius 2 is 0.689 bits per heavy atom. The number of benzene rings is 4. The van der Waals surface area contributed by atoms with Gasteiger partial charge in [-0.2, -0.15) is 0 Å². The summed E-state index contributed by atoms with van der Waals surface area (Å²) in [5.41, 5.74) is -1.63. The fourth-order valence-corrected chi connectivity index (χ4v) is 4.15. The molecule has 0 heterocycles. The van der Waals surface area contributed by atoms with Crippen LogP contribution >= 0.6 is 0 Å². The fourth-order valence-electron chi connectivity index (χ4n) is 4.15. The predicted octanol–water partition coefficient (Wildman–Crippen LogP) is 5.95. The van der Waals surface area contributed by atoms with E-state index < -0.39 is 35.1 Å². The van der Waals surface area contributed by atoms with E-state index in [1.54, 1.807) is 135 Å². The number of esters is 4. The van der Waals surface area contributed by atoms with Crippen LogP contribution in [0.3, 0.4) is 0 Å². The van der Waals surface area contributed by atoms with Crippen molar-refractivity contribution in [2.45, 2.75) is 25.0 Å². The van der Waals surface area contributed by atoms with Crippen molar-refractivity contribution < 1.29 is 42.9 Å². The van der Waals surface area contributed by atoms with Gasteiger partial charge >= 0.3 is 23.9 Å². The van der Waals surface area contributed by atoms with Crippen molar-refractivity contribution in [3.8, 4) is 0 Å². The highest BCUT2D eigenvalue weighted by atomic mass is 16.6. The SMILES string of the molecule is CC(COCC(C)(COC(=O)c1ccccc1)OC(=O)c1ccccc1)(COC(=O)c1ccccc1)OC(=O)c1ccccc1. The third-order valence-corrected chi connectivity index (χ3v) is 6.55. The molecule has 9 nitrogen and oxygen atoms in total. The van der Waals surface area contributed by atoms with E-state index in [0.717, 1.165) is 0 Å². The molecule has 232 valence electrons. The fraction of sp³-hybridized carbons (Fsp3) is 0.222. The molecule has 0 N–H and O–H groups in total. The van der Waals surface area contributed by atoms with E-state index >= 15 is 0 Å². The van der Waals surface area contributed by atoms with Crippen LogP contribution in [0.1, 0.15) is 55.3 Å². The molecule has 4 aromatic carbocycles. The van der Waals surface area contributed by atoms with Crippen LogP contribution in [0.15, 0.2) is 121 Å². The molecule has 0 aromatic heterocycles. The zero-order valence-electron chi connectivity index (χ0n) is 25.0. The van der Waals surface area contributed by atoms with E-state index in [2.05, 4.69) is 0 Å². The van der Waals surface area contributed by atoms with Crippen LogP contribution in [0, 0.1) is 0 Å². The summed E-state index contributed by atoms with van der Waals surface area (Å²) >= 11 is 0. The molecule has 4 aromatic rings. The Bertz CT molecular complexity index is 1440. The molecule has 0 saturated heterocycles. The van der Waals surface area contributed by atoms with Gasteiger partial charge in [-0.3, -0.25) is 0 Å². The van der Waals surface area contributed by atoms with Gasteiger partial charge in [-0.25, -0.2) is 19.2 Å². The molecule has 9 heteroatoms. The van der Waals surface area contributed by atoms with Crippen LogP contribution in [-0.2, 0) is 23.7 Å². The maximum Gasteiger partial charge on any atom is 0.338 e. The van der Waals surface area contributed by atoms with Crippen LogP contribution in [0.5, 0.6) is 0 Å². The van der Waals surface area contributed by atoms with Crippen LogP contribution in [0.4, 0.5) is 0 Å². The summed E-state index contributed by atoms with van der Waals surface area (Å²) in [7, 11) is 0. The summed E-state index contributed by atoms with van der Waals surface area (Å²) in [5.74, 6) is -2.50. The van der Waals surface area contributed by atoms with Gasteiger partial charge in [-0.15, -0.1) is 0 Å². The van der Waals surface area contributed by atoms with Crippen molar-refractivity contribution in [3.05, 3.63) is 144 Å². The maximum atomic E-state index is 13.0. The molecule has 0 bridgehead atoms. The third-order valence-electron chi connectivity index (χ3n) is 6.55. The standard InChI is InChI=1S/C36H34O9/c1-35(44-33(39)29-19-11-5-12-20-29,25-42-31(37)27-15-7-3-8-16-27)23-41-24-36(2,45-34(40)30-21-13-6-14-22-30)26-43-32(38)28-17-9-4-10-18-28/h3-22H,23-26H2,1-2H3. The van der Waals surface area contributed by atoms with Gasteiger partial charge in [-0.05, 0) is 62.4 Å². The first-order valence-electron chi connectivity index (χ1n) is 14.3. The summed E-state index contributed by atoms with van der Waals surface area (Å²) < 4.78 is 28.6. The quantitative estimate of drug-likeness (QED) is 0.126. The molecular weight excluding hydrogens is 576 g/mol. The second kappa shape index (κ2) is 15.4. The summed E-state index contributed by atoms with van der Waals surface area (Å²) in [4.78, 5) is 51.4. The maximum absolute atomic E-state index is 13.0. The molecule has 0 amide bonds. The average molecular weight is 611 g/mol. The topological polar surface area (TPSA) is 114 Å². The monoisotopic (exact) mass is 610 g/mol. The summed E-state index contributed by atoms with van der Waals surface area (Å²) in [6.45, 7) is 1.97. The predicted molar refractivity (Wildman–Crippen MR) is 165 cm³/mol. The molecular formula is C36H34O9. The molecule has 0 saturated carbocycles. The lowest BCUT2D eigenvalue weighted by Crippen LogP contribution is -2.46. The smallest absolute Gasteiger partial charge is 0.338 e. The van der Waals surface area contributed by atoms with E-state index in [0.29, 0.717) is 22.3 Å². The zero-order valence-corrected chi connectivity index (χ0v) is 25.0. The Balaban J connectivity index is 1.48. The molecule has 0 radical (unpaired) electrons. The Morgan fingerprint density at radius 1 is 0.422 bits per heavy atom. The lowest BCUT2D eigenvalue weighted by Gasteiger charge is -2.32. The minimum atomic E-state index is -1.44. The first-order valence-corrected chi connectivity index (χ1v) is 14.3. The summed E-state index contributed by atoms with van der Waals surface area (Å²) in [6, 6.07) is 33.5. The van der Waals surface area contributed by atoms with Gasteiger partial charge < -0.3 is 23.7 Å². The van der Waals surface area contributed by atoms with Crippen LogP contribution < -0.4 is 0 Å². The number of hydrogen-bond acceptors (Lipinski definition) is 9. The highest BCUT2D eigenvalue weighted by Gasteiger charge is 2.36. The van der Waals surface area contributed by atoms with E-state index in [9.17, 15) is 19.2 Å². The molecule has 2 unspecified atom stereocenters. The first-order chi connectivity index (χ1) is 21.7. The zero-order chi connectivity index (χ0) is 32.1. The molecule has 0 fully saturated rings. The minimum absolute atomic E-state index is 0.251. The van der Waals surface area contributed by atoms with Gasteiger partial charge in [-0.1, -0.05) is 72.8 Å². The minimum Gasteiger partial charge on any atom is -0.458 e. The van der Waals surface area contributed by atoms with Gasteiger partial charge in [0, 0.05) is 0 Å². The van der Waals surface area contributed by atoms with Crippen LogP contribution in [0.2, 0.25) is 0 Å². The molecule has 0 aliphatic heterocycles. The molecule has 45 heavy (non-hydrogen) atoms. The summed E-state index contributed by atoms with van der Waals surface area (Å²) in [6.07, 6.45) is 0. The number of carbonyl (C=O) groups is 4. The lowest BCUT2D eigenvalue weighted by atomic mass is 10.1. The van der Waals surface area contributed by atoms with Crippen molar-refractivity contribution in [1.82, 2.24) is 0 Å². The van der Waals surface area contributed by atoms with Gasteiger partial charge in [0.15, 0.2) is 11.2 Å². The second-order valence-corrected chi connectivity index (χ2v) is 10.8. The molecule has 0 aliphatic rings. The van der Waals surface area contributed by atoms with Crippen molar-refractivity contribution in [3.63, 3.8) is 0 Å². The van der Waals surface area contributed by atoms with E-state index in [1.165, 1.54) is 0 Å². The highest BCUT2D eigenvalue weighted by Crippen LogP contribution is 2.21. The lowest BCUT2D eigenvalue weighted by molar-refractivity contribution is -0.123. The highest BCUT2D eigenvalue weighted by molar-refractivity contribution is 5.91. The van der Waals surface area contributed by atoms with Crippen molar-refractivity contribution in [1.29, 1.82) is 0 Å². The molecule has 0 spiro atoms. The number of ether oxygens (including phenoxy) is 5. The van der Waals surface area contributed by atoms with Gasteiger partial charge in [0.2, 0.25) is 0 Å². The van der Waals surface area contributed by atoms with E-state index in [4.69, 9.17) is 23.7 Å². The number of hydrogen-bond donors (Lipinski definition) is 0. The molecule has 2 atom stereocenters. The molecule has 4 rings (SSSR count). The molecule has 0 aliphatic carbocycles. The van der Waals surface area contributed by atoms with Crippen molar-refractivity contribution in [2.24, 2.45) is 0 Å². The Morgan fingerprint density at radius 3 is 0.978 bits per heavy atom. The van der Waals surface area contributed by atoms with Crippen LogP contribution in [-0.4, -0.2) is 61.5 Å². The van der Waals surface area contributed by atoms with Crippen molar-refractivity contribution in [2.75, 3.05) is 26.4 Å². The Kier molecular flexibility index (Phi) is 11.2. The number of rotatable bonds is 14. The summed E-state index contributed by atoms with van der Waals surface area (Å²) in [5, 5.41) is 0.